The Morgan fingerprint density at radius 3 is 2.69 bits per heavy atom. The number of aromatic nitrogens is 2. The van der Waals surface area contributed by atoms with E-state index in [1.807, 2.05) is 12.1 Å². The first-order valence-corrected chi connectivity index (χ1v) is 9.32. The fraction of sp³-hybridized carbons (Fsp3) is 0.450. The van der Waals surface area contributed by atoms with Crippen molar-refractivity contribution in [2.45, 2.75) is 32.1 Å². The monoisotopic (exact) mass is 352 g/mol. The molecular weight excluding hydrogens is 328 g/mol. The van der Waals surface area contributed by atoms with Crippen LogP contribution in [0.5, 0.6) is 0 Å². The van der Waals surface area contributed by atoms with Crippen molar-refractivity contribution in [1.82, 2.24) is 14.9 Å². The van der Waals surface area contributed by atoms with Crippen molar-refractivity contribution in [2.24, 2.45) is 0 Å². The molecule has 2 aromatic rings. The number of H-pyrrole nitrogens is 1. The maximum Gasteiger partial charge on any atom is 0.263 e. The summed E-state index contributed by atoms with van der Waals surface area (Å²) in [7, 11) is 0. The number of nitrogens with one attached hydrogen (secondary N) is 1. The molecule has 1 amide bonds. The third-order valence-electron chi connectivity index (χ3n) is 5.25. The molecule has 0 atom stereocenters. The smallest absolute Gasteiger partial charge is 0.263 e. The number of carbonyl (C=O) groups is 1. The van der Waals surface area contributed by atoms with E-state index in [9.17, 15) is 9.59 Å². The highest BCUT2D eigenvalue weighted by molar-refractivity contribution is 5.93. The van der Waals surface area contributed by atoms with Crippen molar-refractivity contribution in [2.75, 3.05) is 31.1 Å². The number of para-hydroxylation sites is 1. The fourth-order valence-corrected chi connectivity index (χ4v) is 3.58. The van der Waals surface area contributed by atoms with Crippen molar-refractivity contribution in [3.63, 3.8) is 0 Å². The lowest BCUT2D eigenvalue weighted by molar-refractivity contribution is 0.0764. The SMILES string of the molecule is Cc1ccccc1N1CCCN(C(=O)c2cnc(C3CC3)[nH]c2=O)CC1. The molecule has 1 aromatic carbocycles. The Hall–Kier alpha value is -2.63. The van der Waals surface area contributed by atoms with Crippen LogP contribution in [0, 0.1) is 6.92 Å². The second kappa shape index (κ2) is 6.94. The van der Waals surface area contributed by atoms with Gasteiger partial charge in [0, 0.05) is 44.0 Å². The van der Waals surface area contributed by atoms with E-state index in [1.54, 1.807) is 4.90 Å². The molecule has 2 fully saturated rings. The molecule has 1 saturated carbocycles. The van der Waals surface area contributed by atoms with Crippen LogP contribution in [0.1, 0.15) is 46.9 Å². The number of nitrogens with zero attached hydrogens (tertiary/aromatic N) is 3. The number of amides is 1. The van der Waals surface area contributed by atoms with Crippen LogP contribution in [0.3, 0.4) is 0 Å². The van der Waals surface area contributed by atoms with Gasteiger partial charge in [-0.25, -0.2) is 4.98 Å². The fourth-order valence-electron chi connectivity index (χ4n) is 3.58. The average Bonchev–Trinajstić information content (AvgIpc) is 3.48. The van der Waals surface area contributed by atoms with E-state index in [4.69, 9.17) is 0 Å². The van der Waals surface area contributed by atoms with Crippen LogP contribution in [0.25, 0.3) is 0 Å². The maximum atomic E-state index is 12.8. The third-order valence-corrected chi connectivity index (χ3v) is 5.25. The van der Waals surface area contributed by atoms with Gasteiger partial charge in [0.2, 0.25) is 0 Å². The maximum absolute atomic E-state index is 12.8. The van der Waals surface area contributed by atoms with E-state index in [2.05, 4.69) is 33.9 Å². The van der Waals surface area contributed by atoms with Gasteiger partial charge in [-0.3, -0.25) is 9.59 Å². The van der Waals surface area contributed by atoms with Gasteiger partial charge in [-0.2, -0.15) is 0 Å². The Morgan fingerprint density at radius 2 is 1.96 bits per heavy atom. The van der Waals surface area contributed by atoms with Gasteiger partial charge in [-0.05, 0) is 37.8 Å². The molecule has 0 bridgehead atoms. The topological polar surface area (TPSA) is 69.3 Å². The number of aryl methyl sites for hydroxylation is 1. The van der Waals surface area contributed by atoms with Gasteiger partial charge in [0.15, 0.2) is 0 Å². The molecule has 0 radical (unpaired) electrons. The number of anilines is 1. The molecule has 6 nitrogen and oxygen atoms in total. The molecule has 1 aliphatic carbocycles. The van der Waals surface area contributed by atoms with E-state index in [0.717, 1.165) is 32.4 Å². The van der Waals surface area contributed by atoms with E-state index < -0.39 is 0 Å². The zero-order valence-corrected chi connectivity index (χ0v) is 15.1. The standard InChI is InChI=1S/C20H24N4O2/c1-14-5-2-3-6-17(14)23-9-4-10-24(12-11-23)20(26)16-13-21-18(15-7-8-15)22-19(16)25/h2-3,5-6,13,15H,4,7-12H2,1H3,(H,21,22,25). The summed E-state index contributed by atoms with van der Waals surface area (Å²) in [5, 5.41) is 0. The Labute approximate surface area is 152 Å². The average molecular weight is 352 g/mol. The summed E-state index contributed by atoms with van der Waals surface area (Å²) in [6.45, 7) is 5.05. The van der Waals surface area contributed by atoms with Crippen molar-refractivity contribution < 1.29 is 4.79 Å². The molecule has 1 saturated heterocycles. The van der Waals surface area contributed by atoms with Crippen LogP contribution in [0.15, 0.2) is 35.3 Å². The summed E-state index contributed by atoms with van der Waals surface area (Å²) < 4.78 is 0. The van der Waals surface area contributed by atoms with Crippen molar-refractivity contribution in [3.8, 4) is 0 Å². The van der Waals surface area contributed by atoms with Gasteiger partial charge < -0.3 is 14.8 Å². The second-order valence-electron chi connectivity index (χ2n) is 7.20. The summed E-state index contributed by atoms with van der Waals surface area (Å²) in [6, 6.07) is 8.31. The molecule has 1 N–H and O–H groups in total. The molecule has 0 unspecified atom stereocenters. The van der Waals surface area contributed by atoms with Crippen LogP contribution in [0.2, 0.25) is 0 Å². The first kappa shape index (κ1) is 16.8. The molecule has 2 aliphatic rings. The lowest BCUT2D eigenvalue weighted by atomic mass is 10.2. The lowest BCUT2D eigenvalue weighted by Crippen LogP contribution is -2.38. The second-order valence-corrected chi connectivity index (χ2v) is 7.20. The quantitative estimate of drug-likeness (QED) is 0.920. The zero-order chi connectivity index (χ0) is 18.1. The number of hydrogen-bond donors (Lipinski definition) is 1. The Balaban J connectivity index is 1.48. The van der Waals surface area contributed by atoms with E-state index in [1.165, 1.54) is 17.4 Å². The minimum Gasteiger partial charge on any atom is -0.369 e. The third kappa shape index (κ3) is 3.36. The summed E-state index contributed by atoms with van der Waals surface area (Å²) >= 11 is 0. The molecule has 26 heavy (non-hydrogen) atoms. The predicted molar refractivity (Wildman–Crippen MR) is 101 cm³/mol. The Morgan fingerprint density at radius 1 is 1.15 bits per heavy atom. The minimum absolute atomic E-state index is 0.152. The zero-order valence-electron chi connectivity index (χ0n) is 15.1. The largest absolute Gasteiger partial charge is 0.369 e. The van der Waals surface area contributed by atoms with Crippen molar-refractivity contribution in [1.29, 1.82) is 0 Å². The summed E-state index contributed by atoms with van der Waals surface area (Å²) in [4.78, 5) is 36.3. The normalized spacial score (nSPS) is 17.9. The van der Waals surface area contributed by atoms with Gasteiger partial charge >= 0.3 is 0 Å². The van der Waals surface area contributed by atoms with Gasteiger partial charge in [-0.15, -0.1) is 0 Å². The summed E-state index contributed by atoms with van der Waals surface area (Å²) in [5.74, 6) is 0.869. The summed E-state index contributed by atoms with van der Waals surface area (Å²) in [6.07, 6.45) is 4.47. The predicted octanol–water partition coefficient (Wildman–Crippen LogP) is 2.31. The number of aromatic amines is 1. The van der Waals surface area contributed by atoms with Crippen LogP contribution < -0.4 is 10.5 Å². The molecule has 1 aliphatic heterocycles. The van der Waals surface area contributed by atoms with E-state index in [-0.39, 0.29) is 17.0 Å². The van der Waals surface area contributed by atoms with Crippen molar-refractivity contribution >= 4 is 11.6 Å². The highest BCUT2D eigenvalue weighted by Gasteiger charge is 2.28. The number of hydrogen-bond acceptors (Lipinski definition) is 4. The van der Waals surface area contributed by atoms with Crippen LogP contribution in [-0.2, 0) is 0 Å². The van der Waals surface area contributed by atoms with Gasteiger partial charge in [0.05, 0.1) is 0 Å². The lowest BCUT2D eigenvalue weighted by Gasteiger charge is -2.25. The van der Waals surface area contributed by atoms with Crippen LogP contribution in [0.4, 0.5) is 5.69 Å². The van der Waals surface area contributed by atoms with Crippen LogP contribution >= 0.6 is 0 Å². The number of benzene rings is 1. The van der Waals surface area contributed by atoms with Crippen molar-refractivity contribution in [3.05, 3.63) is 57.8 Å². The van der Waals surface area contributed by atoms with Gasteiger partial charge in [0.25, 0.3) is 11.5 Å². The minimum atomic E-state index is -0.313. The molecule has 1 aromatic heterocycles. The number of carbonyl (C=O) groups excluding carboxylic acids is 1. The Bertz CT molecular complexity index is 872. The first-order chi connectivity index (χ1) is 12.6. The molecule has 2 heterocycles. The molecule has 6 heteroatoms. The van der Waals surface area contributed by atoms with E-state index in [0.29, 0.717) is 24.8 Å². The summed E-state index contributed by atoms with van der Waals surface area (Å²) in [5.41, 5.74) is 2.30. The van der Waals surface area contributed by atoms with Crippen LogP contribution in [-0.4, -0.2) is 47.0 Å². The van der Waals surface area contributed by atoms with Gasteiger partial charge in [-0.1, -0.05) is 18.2 Å². The highest BCUT2D eigenvalue weighted by atomic mass is 16.2. The molecule has 0 spiro atoms. The molecule has 136 valence electrons. The molecule has 4 rings (SSSR count). The van der Waals surface area contributed by atoms with E-state index >= 15 is 0 Å². The van der Waals surface area contributed by atoms with Gasteiger partial charge in [0.1, 0.15) is 11.4 Å². The first-order valence-electron chi connectivity index (χ1n) is 9.32. The molecular formula is C20H24N4O2. The highest BCUT2D eigenvalue weighted by Crippen LogP contribution is 2.37. The Kier molecular flexibility index (Phi) is 4.49. The number of rotatable bonds is 3.